The second kappa shape index (κ2) is 4.94. The summed E-state index contributed by atoms with van der Waals surface area (Å²) in [4.78, 5) is 5.67. The largest absolute Gasteiger partial charge is 0.330 e. The van der Waals surface area contributed by atoms with E-state index in [4.69, 9.17) is 5.73 Å². The van der Waals surface area contributed by atoms with Crippen LogP contribution in [0.15, 0.2) is 24.3 Å². The summed E-state index contributed by atoms with van der Waals surface area (Å²) in [5, 5.41) is 1.02. The third-order valence-electron chi connectivity index (χ3n) is 2.69. The summed E-state index contributed by atoms with van der Waals surface area (Å²) >= 11 is 1.63. The van der Waals surface area contributed by atoms with Crippen LogP contribution in [0.3, 0.4) is 0 Å². The summed E-state index contributed by atoms with van der Waals surface area (Å²) in [6.45, 7) is 4.63. The smallest absolute Gasteiger partial charge is 0.123 e. The molecule has 0 aliphatic carbocycles. The summed E-state index contributed by atoms with van der Waals surface area (Å²) in [6.07, 6.45) is 0. The Kier molecular flexibility index (Phi) is 3.54. The van der Waals surface area contributed by atoms with Crippen LogP contribution in [0.1, 0.15) is 22.7 Å². The van der Waals surface area contributed by atoms with Gasteiger partial charge in [0.05, 0.1) is 10.7 Å². The molecule has 0 amide bonds. The SMILES string of the molecule is Cc1sc(C(C)CN)nc1-c1cccc(F)c1. The normalized spacial score (nSPS) is 12.7. The topological polar surface area (TPSA) is 38.9 Å². The molecule has 0 aliphatic heterocycles. The molecule has 0 radical (unpaired) electrons. The Bertz CT molecular complexity index is 522. The van der Waals surface area contributed by atoms with Crippen LogP contribution in [0.4, 0.5) is 4.39 Å². The first-order valence-electron chi connectivity index (χ1n) is 5.55. The van der Waals surface area contributed by atoms with Crippen molar-refractivity contribution in [2.24, 2.45) is 5.73 Å². The van der Waals surface area contributed by atoms with Gasteiger partial charge in [-0.25, -0.2) is 9.37 Å². The molecular formula is C13H15FN2S. The maximum absolute atomic E-state index is 13.2. The van der Waals surface area contributed by atoms with Crippen molar-refractivity contribution in [3.63, 3.8) is 0 Å². The van der Waals surface area contributed by atoms with Gasteiger partial charge in [0.25, 0.3) is 0 Å². The monoisotopic (exact) mass is 250 g/mol. The lowest BCUT2D eigenvalue weighted by atomic mass is 10.1. The number of nitrogens with two attached hydrogens (primary N) is 1. The van der Waals surface area contributed by atoms with Gasteiger partial charge >= 0.3 is 0 Å². The van der Waals surface area contributed by atoms with E-state index < -0.39 is 0 Å². The van der Waals surface area contributed by atoms with Gasteiger partial charge in [-0.2, -0.15) is 0 Å². The Morgan fingerprint density at radius 2 is 2.24 bits per heavy atom. The predicted octanol–water partition coefficient (Wildman–Crippen LogP) is 3.32. The van der Waals surface area contributed by atoms with E-state index >= 15 is 0 Å². The Morgan fingerprint density at radius 3 is 2.88 bits per heavy atom. The lowest BCUT2D eigenvalue weighted by Gasteiger charge is -2.02. The second-order valence-corrected chi connectivity index (χ2v) is 5.34. The van der Waals surface area contributed by atoms with Gasteiger partial charge in [-0.1, -0.05) is 19.1 Å². The van der Waals surface area contributed by atoms with E-state index in [-0.39, 0.29) is 11.7 Å². The molecule has 4 heteroatoms. The summed E-state index contributed by atoms with van der Waals surface area (Å²) in [5.41, 5.74) is 7.33. The van der Waals surface area contributed by atoms with Crippen LogP contribution < -0.4 is 5.73 Å². The van der Waals surface area contributed by atoms with E-state index in [1.54, 1.807) is 17.4 Å². The van der Waals surface area contributed by atoms with E-state index in [0.717, 1.165) is 21.1 Å². The van der Waals surface area contributed by atoms with Gasteiger partial charge < -0.3 is 5.73 Å². The lowest BCUT2D eigenvalue weighted by molar-refractivity contribution is 0.628. The van der Waals surface area contributed by atoms with Crippen molar-refractivity contribution >= 4 is 11.3 Å². The zero-order valence-electron chi connectivity index (χ0n) is 9.90. The highest BCUT2D eigenvalue weighted by Crippen LogP contribution is 2.31. The molecule has 0 spiro atoms. The van der Waals surface area contributed by atoms with Crippen molar-refractivity contribution < 1.29 is 4.39 Å². The zero-order valence-corrected chi connectivity index (χ0v) is 10.7. The highest BCUT2D eigenvalue weighted by atomic mass is 32.1. The average Bonchev–Trinajstić information content (AvgIpc) is 2.70. The molecule has 0 bridgehead atoms. The average molecular weight is 250 g/mol. The highest BCUT2D eigenvalue weighted by Gasteiger charge is 2.14. The van der Waals surface area contributed by atoms with E-state index in [1.807, 2.05) is 19.9 Å². The van der Waals surface area contributed by atoms with Crippen molar-refractivity contribution in [3.8, 4) is 11.3 Å². The van der Waals surface area contributed by atoms with Crippen LogP contribution >= 0.6 is 11.3 Å². The Labute approximate surface area is 104 Å². The van der Waals surface area contributed by atoms with Crippen molar-refractivity contribution in [2.45, 2.75) is 19.8 Å². The molecule has 0 saturated carbocycles. The van der Waals surface area contributed by atoms with Crippen LogP contribution in [0.25, 0.3) is 11.3 Å². The Balaban J connectivity index is 2.42. The number of aryl methyl sites for hydroxylation is 1. The van der Waals surface area contributed by atoms with Crippen LogP contribution in [0.5, 0.6) is 0 Å². The maximum Gasteiger partial charge on any atom is 0.123 e. The molecule has 2 aromatic rings. The fraction of sp³-hybridized carbons (Fsp3) is 0.308. The minimum atomic E-state index is -0.233. The zero-order chi connectivity index (χ0) is 12.4. The minimum Gasteiger partial charge on any atom is -0.330 e. The van der Waals surface area contributed by atoms with Gasteiger partial charge in [0.15, 0.2) is 0 Å². The molecular weight excluding hydrogens is 235 g/mol. The molecule has 17 heavy (non-hydrogen) atoms. The second-order valence-electron chi connectivity index (χ2n) is 4.10. The predicted molar refractivity (Wildman–Crippen MR) is 69.7 cm³/mol. The summed E-state index contributed by atoms with van der Waals surface area (Å²) in [7, 11) is 0. The fourth-order valence-electron chi connectivity index (χ4n) is 1.63. The number of nitrogens with zero attached hydrogens (tertiary/aromatic N) is 1. The summed E-state index contributed by atoms with van der Waals surface area (Å²) in [5.74, 6) is 0.0179. The number of benzene rings is 1. The molecule has 1 aromatic carbocycles. The molecule has 1 atom stereocenters. The number of halogens is 1. The van der Waals surface area contributed by atoms with E-state index in [1.165, 1.54) is 12.1 Å². The highest BCUT2D eigenvalue weighted by molar-refractivity contribution is 7.12. The minimum absolute atomic E-state index is 0.233. The van der Waals surface area contributed by atoms with Crippen molar-refractivity contribution in [3.05, 3.63) is 40.0 Å². The lowest BCUT2D eigenvalue weighted by Crippen LogP contribution is -2.08. The van der Waals surface area contributed by atoms with Crippen LogP contribution in [0.2, 0.25) is 0 Å². The molecule has 1 heterocycles. The Hall–Kier alpha value is -1.26. The first-order chi connectivity index (χ1) is 8.11. The van der Waals surface area contributed by atoms with Crippen molar-refractivity contribution in [1.29, 1.82) is 0 Å². The number of thiazole rings is 1. The number of rotatable bonds is 3. The van der Waals surface area contributed by atoms with Gasteiger partial charge in [0.2, 0.25) is 0 Å². The van der Waals surface area contributed by atoms with Gasteiger partial charge in [0.1, 0.15) is 5.82 Å². The fourth-order valence-corrected chi connectivity index (χ4v) is 2.64. The molecule has 2 rings (SSSR count). The van der Waals surface area contributed by atoms with Crippen LogP contribution in [-0.2, 0) is 0 Å². The molecule has 1 aromatic heterocycles. The van der Waals surface area contributed by atoms with Crippen LogP contribution in [-0.4, -0.2) is 11.5 Å². The van der Waals surface area contributed by atoms with E-state index in [2.05, 4.69) is 4.98 Å². The number of aromatic nitrogens is 1. The molecule has 0 aliphatic rings. The third-order valence-corrected chi connectivity index (χ3v) is 3.89. The van der Waals surface area contributed by atoms with Crippen LogP contribution in [0, 0.1) is 12.7 Å². The van der Waals surface area contributed by atoms with Gasteiger partial charge in [-0.3, -0.25) is 0 Å². The van der Waals surface area contributed by atoms with Crippen molar-refractivity contribution in [2.75, 3.05) is 6.54 Å². The van der Waals surface area contributed by atoms with Crippen molar-refractivity contribution in [1.82, 2.24) is 4.98 Å². The molecule has 2 nitrogen and oxygen atoms in total. The first kappa shape index (κ1) is 12.2. The molecule has 0 saturated heterocycles. The molecule has 0 fully saturated rings. The molecule has 1 unspecified atom stereocenters. The maximum atomic E-state index is 13.2. The van der Waals surface area contributed by atoms with E-state index in [0.29, 0.717) is 6.54 Å². The number of hydrogen-bond acceptors (Lipinski definition) is 3. The third kappa shape index (κ3) is 2.53. The standard InChI is InChI=1S/C13H15FN2S/c1-8(7-15)13-16-12(9(2)17-13)10-4-3-5-11(14)6-10/h3-6,8H,7,15H2,1-2H3. The summed E-state index contributed by atoms with van der Waals surface area (Å²) in [6, 6.07) is 6.53. The van der Waals surface area contributed by atoms with E-state index in [9.17, 15) is 4.39 Å². The van der Waals surface area contributed by atoms with Gasteiger partial charge in [-0.05, 0) is 19.1 Å². The summed E-state index contributed by atoms with van der Waals surface area (Å²) < 4.78 is 13.2. The van der Waals surface area contributed by atoms with Gasteiger partial charge in [-0.15, -0.1) is 11.3 Å². The first-order valence-corrected chi connectivity index (χ1v) is 6.36. The molecule has 90 valence electrons. The van der Waals surface area contributed by atoms with Gasteiger partial charge in [0, 0.05) is 22.9 Å². The quantitative estimate of drug-likeness (QED) is 0.907. The molecule has 2 N–H and O–H groups in total. The number of hydrogen-bond donors (Lipinski definition) is 1. The Morgan fingerprint density at radius 1 is 1.47 bits per heavy atom.